The van der Waals surface area contributed by atoms with Crippen LogP contribution in [-0.2, 0) is 0 Å². The molecule has 0 unspecified atom stereocenters. The maximum atomic E-state index is 9.78. The number of rotatable bonds is 2. The third-order valence-corrected chi connectivity index (χ3v) is 3.83. The lowest BCUT2D eigenvalue weighted by atomic mass is 10.1. The molecule has 96 valence electrons. The van der Waals surface area contributed by atoms with E-state index in [4.69, 9.17) is 10.00 Å². The van der Waals surface area contributed by atoms with Crippen LogP contribution in [0, 0.1) is 11.3 Å². The summed E-state index contributed by atoms with van der Waals surface area (Å²) in [6.07, 6.45) is -2.98. The first-order valence-electron chi connectivity index (χ1n) is 5.44. The van der Waals surface area contributed by atoms with Crippen molar-refractivity contribution in [2.45, 2.75) is 23.7 Å². The quantitative estimate of drug-likeness (QED) is 0.703. The van der Waals surface area contributed by atoms with Gasteiger partial charge in [0, 0.05) is 5.75 Å². The minimum absolute atomic E-state index is 0.264. The van der Waals surface area contributed by atoms with Crippen LogP contribution in [-0.4, -0.2) is 44.8 Å². The largest absolute Gasteiger partial charge is 0.484 e. The number of nitriles is 1. The van der Waals surface area contributed by atoms with Crippen molar-refractivity contribution in [3.63, 3.8) is 0 Å². The van der Waals surface area contributed by atoms with Crippen LogP contribution in [0.1, 0.15) is 5.56 Å². The van der Waals surface area contributed by atoms with Crippen LogP contribution in [0.3, 0.4) is 0 Å². The molecule has 1 fully saturated rings. The zero-order valence-corrected chi connectivity index (χ0v) is 10.2. The predicted molar refractivity (Wildman–Crippen MR) is 66.1 cm³/mol. The molecule has 2 rings (SSSR count). The molecule has 6 heteroatoms. The van der Waals surface area contributed by atoms with Crippen LogP contribution in [0.15, 0.2) is 24.3 Å². The molecule has 0 amide bonds. The first kappa shape index (κ1) is 13.2. The number of hydrogen-bond acceptors (Lipinski definition) is 6. The lowest BCUT2D eigenvalue weighted by Gasteiger charge is -2.35. The summed E-state index contributed by atoms with van der Waals surface area (Å²) in [6.45, 7) is 0. The molecule has 0 spiro atoms. The molecule has 0 bridgehead atoms. The second-order valence-electron chi connectivity index (χ2n) is 4.00. The highest BCUT2D eigenvalue weighted by atomic mass is 32.2. The number of thioether (sulfide) groups is 1. The van der Waals surface area contributed by atoms with E-state index in [1.165, 1.54) is 6.07 Å². The highest BCUT2D eigenvalue weighted by Crippen LogP contribution is 2.28. The minimum atomic E-state index is -1.15. The van der Waals surface area contributed by atoms with Gasteiger partial charge in [-0.3, -0.25) is 0 Å². The highest BCUT2D eigenvalue weighted by Gasteiger charge is 2.39. The van der Waals surface area contributed by atoms with E-state index in [2.05, 4.69) is 0 Å². The van der Waals surface area contributed by atoms with Gasteiger partial charge in [-0.15, -0.1) is 11.8 Å². The monoisotopic (exact) mass is 267 g/mol. The van der Waals surface area contributed by atoms with E-state index < -0.39 is 23.7 Å². The van der Waals surface area contributed by atoms with Gasteiger partial charge in [-0.1, -0.05) is 6.07 Å². The SMILES string of the molecule is N#Cc1cccc(O[C@@H]2[C@@H](O)[C@H](O)CS[C@H]2O)c1. The van der Waals surface area contributed by atoms with E-state index in [0.29, 0.717) is 11.3 Å². The molecule has 1 aliphatic rings. The fourth-order valence-corrected chi connectivity index (χ4v) is 2.70. The molecule has 3 N–H and O–H groups in total. The van der Waals surface area contributed by atoms with Crippen molar-refractivity contribution >= 4 is 11.8 Å². The Morgan fingerprint density at radius 2 is 2.11 bits per heavy atom. The fraction of sp³-hybridized carbons (Fsp3) is 0.417. The van der Waals surface area contributed by atoms with Gasteiger partial charge in [0.15, 0.2) is 6.10 Å². The second kappa shape index (κ2) is 5.59. The zero-order valence-electron chi connectivity index (χ0n) is 9.43. The van der Waals surface area contributed by atoms with Crippen molar-refractivity contribution in [3.05, 3.63) is 29.8 Å². The molecule has 1 aromatic carbocycles. The molecule has 1 aromatic rings. The van der Waals surface area contributed by atoms with Crippen molar-refractivity contribution in [1.82, 2.24) is 0 Å². The van der Waals surface area contributed by atoms with Crippen molar-refractivity contribution in [3.8, 4) is 11.8 Å². The Kier molecular flexibility index (Phi) is 4.09. The normalized spacial score (nSPS) is 31.7. The van der Waals surface area contributed by atoms with Gasteiger partial charge in [0.25, 0.3) is 0 Å². The average molecular weight is 267 g/mol. The van der Waals surface area contributed by atoms with E-state index in [1.807, 2.05) is 6.07 Å². The Morgan fingerprint density at radius 3 is 2.83 bits per heavy atom. The van der Waals surface area contributed by atoms with Gasteiger partial charge in [0.2, 0.25) is 0 Å². The van der Waals surface area contributed by atoms with Crippen molar-refractivity contribution in [2.75, 3.05) is 5.75 Å². The summed E-state index contributed by atoms with van der Waals surface area (Å²) in [5, 5.41) is 37.8. The van der Waals surface area contributed by atoms with E-state index in [1.54, 1.807) is 18.2 Å². The van der Waals surface area contributed by atoms with Gasteiger partial charge >= 0.3 is 0 Å². The van der Waals surface area contributed by atoms with Crippen LogP contribution < -0.4 is 4.74 Å². The standard InChI is InChI=1S/C12H13NO4S/c13-5-7-2-1-3-8(4-7)17-11-10(15)9(14)6-18-12(11)16/h1-4,9-12,14-16H,6H2/t9-,10+,11-,12-/m1/s1. The molecule has 0 aromatic heterocycles. The molecular formula is C12H13NO4S. The maximum Gasteiger partial charge on any atom is 0.162 e. The zero-order chi connectivity index (χ0) is 13.1. The first-order valence-corrected chi connectivity index (χ1v) is 6.49. The molecule has 1 saturated heterocycles. The Bertz CT molecular complexity index is 462. The molecule has 18 heavy (non-hydrogen) atoms. The maximum absolute atomic E-state index is 9.78. The van der Waals surface area contributed by atoms with Gasteiger partial charge in [0.1, 0.15) is 17.3 Å². The summed E-state index contributed by atoms with van der Waals surface area (Å²) >= 11 is 1.12. The molecule has 1 heterocycles. The molecule has 1 aliphatic heterocycles. The Hall–Kier alpha value is -1.26. The minimum Gasteiger partial charge on any atom is -0.484 e. The summed E-state index contributed by atoms with van der Waals surface area (Å²) < 4.78 is 5.46. The average Bonchev–Trinajstić information content (AvgIpc) is 2.39. The number of benzene rings is 1. The third kappa shape index (κ3) is 2.76. The van der Waals surface area contributed by atoms with E-state index in [9.17, 15) is 15.3 Å². The van der Waals surface area contributed by atoms with Crippen LogP contribution in [0.25, 0.3) is 0 Å². The molecule has 0 saturated carbocycles. The van der Waals surface area contributed by atoms with E-state index in [0.717, 1.165) is 11.8 Å². The summed E-state index contributed by atoms with van der Waals surface area (Å²) in [5.74, 6) is 0.646. The third-order valence-electron chi connectivity index (χ3n) is 2.68. The molecule has 0 aliphatic carbocycles. The topological polar surface area (TPSA) is 93.7 Å². The Morgan fingerprint density at radius 1 is 1.33 bits per heavy atom. The summed E-state index contributed by atoms with van der Waals surface area (Å²) in [6, 6.07) is 8.41. The molecule has 0 radical (unpaired) electrons. The second-order valence-corrected chi connectivity index (χ2v) is 5.15. The highest BCUT2D eigenvalue weighted by molar-refractivity contribution is 7.99. The Balaban J connectivity index is 2.14. The fourth-order valence-electron chi connectivity index (χ4n) is 1.70. The van der Waals surface area contributed by atoms with Gasteiger partial charge in [-0.05, 0) is 18.2 Å². The van der Waals surface area contributed by atoms with Crippen molar-refractivity contribution < 1.29 is 20.1 Å². The smallest absolute Gasteiger partial charge is 0.162 e. The van der Waals surface area contributed by atoms with Crippen LogP contribution >= 0.6 is 11.8 Å². The number of aliphatic hydroxyl groups is 3. The number of ether oxygens (including phenoxy) is 1. The Labute approximate surface area is 109 Å². The molecule has 4 atom stereocenters. The summed E-state index contributed by atoms with van der Waals surface area (Å²) in [5.41, 5.74) is -0.477. The predicted octanol–water partition coefficient (Wildman–Crippen LogP) is 0.0927. The van der Waals surface area contributed by atoms with Crippen LogP contribution in [0.2, 0.25) is 0 Å². The van der Waals surface area contributed by atoms with Gasteiger partial charge in [-0.25, -0.2) is 0 Å². The van der Waals surface area contributed by atoms with Crippen molar-refractivity contribution in [2.24, 2.45) is 0 Å². The number of hydrogen-bond donors (Lipinski definition) is 3. The molecular weight excluding hydrogens is 254 g/mol. The first-order chi connectivity index (χ1) is 8.61. The lowest BCUT2D eigenvalue weighted by Crippen LogP contribution is -2.51. The van der Waals surface area contributed by atoms with Crippen LogP contribution in [0.4, 0.5) is 0 Å². The van der Waals surface area contributed by atoms with Crippen molar-refractivity contribution in [1.29, 1.82) is 5.26 Å². The van der Waals surface area contributed by atoms with Crippen LogP contribution in [0.5, 0.6) is 5.75 Å². The van der Waals surface area contributed by atoms with E-state index in [-0.39, 0.29) is 5.75 Å². The van der Waals surface area contributed by atoms with Gasteiger partial charge in [-0.2, -0.15) is 5.26 Å². The number of nitrogens with zero attached hydrogens (tertiary/aromatic N) is 1. The lowest BCUT2D eigenvalue weighted by molar-refractivity contribution is -0.0721. The summed E-state index contributed by atoms with van der Waals surface area (Å²) in [4.78, 5) is 0. The number of aliphatic hydroxyl groups excluding tert-OH is 3. The molecule has 5 nitrogen and oxygen atoms in total. The van der Waals surface area contributed by atoms with Gasteiger partial charge in [0.05, 0.1) is 17.7 Å². The van der Waals surface area contributed by atoms with E-state index >= 15 is 0 Å². The summed E-state index contributed by atoms with van der Waals surface area (Å²) in [7, 11) is 0. The van der Waals surface area contributed by atoms with Gasteiger partial charge < -0.3 is 20.1 Å².